The molecule has 15 rings (SSSR count). The Labute approximate surface area is 441 Å². The zero-order valence-corrected chi connectivity index (χ0v) is 42.5. The summed E-state index contributed by atoms with van der Waals surface area (Å²) in [6, 6.07) is 107. The van der Waals surface area contributed by atoms with Gasteiger partial charge in [-0.25, -0.2) is 0 Å². The van der Waals surface area contributed by atoms with Crippen LogP contribution >= 0.6 is 0 Å². The van der Waals surface area contributed by atoms with Crippen LogP contribution in [0, 0.1) is 0 Å². The van der Waals surface area contributed by atoms with Gasteiger partial charge in [-0.3, -0.25) is 0 Å². The molecule has 356 valence electrons. The van der Waals surface area contributed by atoms with Crippen molar-refractivity contribution in [3.8, 4) is 33.4 Å². The van der Waals surface area contributed by atoms with E-state index < -0.39 is 8.07 Å². The molecular formula is C72H48N2OSi. The van der Waals surface area contributed by atoms with E-state index in [1.54, 1.807) is 0 Å². The van der Waals surface area contributed by atoms with Crippen LogP contribution in [0.25, 0.3) is 93.4 Å². The number of hydrogen-bond donors (Lipinski definition) is 0. The zero-order chi connectivity index (χ0) is 50.2. The van der Waals surface area contributed by atoms with E-state index in [0.29, 0.717) is 0 Å². The quantitative estimate of drug-likeness (QED) is 0.101. The number of fused-ring (bicyclic) bond motifs is 9. The first kappa shape index (κ1) is 43.8. The Kier molecular flexibility index (Phi) is 10.2. The third-order valence-electron chi connectivity index (χ3n) is 15.9. The summed E-state index contributed by atoms with van der Waals surface area (Å²) < 4.78 is 8.75. The van der Waals surface area contributed by atoms with Gasteiger partial charge in [-0.1, -0.05) is 218 Å². The first-order valence-corrected chi connectivity index (χ1v) is 28.1. The number of hydrogen-bond acceptors (Lipinski definition) is 2. The highest BCUT2D eigenvalue weighted by molar-refractivity contribution is 7.19. The van der Waals surface area contributed by atoms with Gasteiger partial charge in [0, 0.05) is 49.4 Å². The predicted octanol–water partition coefficient (Wildman–Crippen LogP) is 16.6. The SMILES string of the molecule is c1ccc([Si](c2ccccc2)(c2ccccc2)c2ccc(-c3ccc(N(c4ccc(-c5ccc6c(c5)oc5ccccc56)cc4)c4ccc(-c5ccc6c(c5)c5cccc7c8ccccc8n6c75)cc4)cc3)cc2)cc1. The maximum absolute atomic E-state index is 6.30. The Bertz CT molecular complexity index is 4490. The van der Waals surface area contributed by atoms with Gasteiger partial charge in [-0.2, -0.15) is 0 Å². The van der Waals surface area contributed by atoms with Crippen LogP contribution in [-0.2, 0) is 0 Å². The molecule has 0 spiro atoms. The first-order valence-electron chi connectivity index (χ1n) is 26.1. The molecule has 4 heteroatoms. The van der Waals surface area contributed by atoms with E-state index in [1.165, 1.54) is 81.1 Å². The minimum Gasteiger partial charge on any atom is -0.456 e. The van der Waals surface area contributed by atoms with Gasteiger partial charge in [0.1, 0.15) is 11.2 Å². The number of benzene rings is 12. The van der Waals surface area contributed by atoms with Crippen LogP contribution in [0.2, 0.25) is 0 Å². The monoisotopic (exact) mass is 984 g/mol. The molecule has 0 aliphatic carbocycles. The second-order valence-electron chi connectivity index (χ2n) is 20.0. The zero-order valence-electron chi connectivity index (χ0n) is 41.5. The maximum atomic E-state index is 6.30. The van der Waals surface area contributed by atoms with E-state index in [0.717, 1.165) is 50.1 Å². The van der Waals surface area contributed by atoms with Gasteiger partial charge in [-0.05, 0) is 127 Å². The summed E-state index contributed by atoms with van der Waals surface area (Å²) in [7, 11) is -2.64. The van der Waals surface area contributed by atoms with Crippen LogP contribution in [0.3, 0.4) is 0 Å². The van der Waals surface area contributed by atoms with Gasteiger partial charge >= 0.3 is 0 Å². The number of rotatable bonds is 10. The predicted molar refractivity (Wildman–Crippen MR) is 323 cm³/mol. The third-order valence-corrected chi connectivity index (χ3v) is 20.7. The fraction of sp³-hybridized carbons (Fsp3) is 0. The fourth-order valence-electron chi connectivity index (χ4n) is 12.4. The standard InChI is InChI=1S/C72H48N2OSi/c1-4-15-58(16-5-1)76(59-17-6-2-7-18-59,60-19-8-3-9-20-60)61-43-33-50(34-44-61)49-27-37-55(38-28-49)73(57-41-31-52(32-42-57)54-35-45-64-63-22-11-13-26-70(63)75-71(64)48-54)56-39-29-51(30-40-56)53-36-46-69-67(47-53)66-24-14-23-65-62-21-10-12-25-68(62)74(69)72(65)66/h1-48H. The Morgan fingerprint density at radius 3 is 1.24 bits per heavy atom. The average Bonchev–Trinajstić information content (AvgIpc) is 4.20. The van der Waals surface area contributed by atoms with Gasteiger partial charge in [0.05, 0.1) is 16.6 Å². The van der Waals surface area contributed by atoms with Gasteiger partial charge in [0.2, 0.25) is 0 Å². The molecule has 0 fully saturated rings. The number of para-hydroxylation sites is 3. The van der Waals surface area contributed by atoms with E-state index in [9.17, 15) is 0 Å². The van der Waals surface area contributed by atoms with Crippen molar-refractivity contribution >= 4 is 106 Å². The van der Waals surface area contributed by atoms with Gasteiger partial charge in [-0.15, -0.1) is 0 Å². The molecule has 3 nitrogen and oxygen atoms in total. The van der Waals surface area contributed by atoms with Crippen molar-refractivity contribution < 1.29 is 4.42 Å². The van der Waals surface area contributed by atoms with Crippen LogP contribution in [-0.4, -0.2) is 12.5 Å². The molecule has 0 saturated carbocycles. The topological polar surface area (TPSA) is 20.8 Å². The van der Waals surface area contributed by atoms with Crippen molar-refractivity contribution in [2.24, 2.45) is 0 Å². The minimum atomic E-state index is -2.64. The fourth-order valence-corrected chi connectivity index (χ4v) is 17.1. The van der Waals surface area contributed by atoms with Crippen molar-refractivity contribution in [2.45, 2.75) is 0 Å². The average molecular weight is 985 g/mol. The molecule has 0 saturated heterocycles. The lowest BCUT2D eigenvalue weighted by Gasteiger charge is -2.34. The highest BCUT2D eigenvalue weighted by atomic mass is 28.3. The molecule has 0 atom stereocenters. The molecule has 0 N–H and O–H groups in total. The van der Waals surface area contributed by atoms with Crippen molar-refractivity contribution in [3.63, 3.8) is 0 Å². The van der Waals surface area contributed by atoms with Crippen LogP contribution < -0.4 is 25.6 Å². The van der Waals surface area contributed by atoms with E-state index in [4.69, 9.17) is 4.42 Å². The lowest BCUT2D eigenvalue weighted by atomic mass is 10.0. The molecule has 0 unspecified atom stereocenters. The smallest absolute Gasteiger partial charge is 0.179 e. The molecule has 12 aromatic carbocycles. The van der Waals surface area contributed by atoms with Crippen molar-refractivity contribution in [1.82, 2.24) is 4.40 Å². The van der Waals surface area contributed by atoms with E-state index in [1.807, 2.05) is 12.1 Å². The molecular weight excluding hydrogens is 937 g/mol. The van der Waals surface area contributed by atoms with Crippen LogP contribution in [0.1, 0.15) is 0 Å². The maximum Gasteiger partial charge on any atom is 0.179 e. The van der Waals surface area contributed by atoms with Crippen molar-refractivity contribution in [3.05, 3.63) is 291 Å². The van der Waals surface area contributed by atoms with Crippen LogP contribution in [0.15, 0.2) is 296 Å². The lowest BCUT2D eigenvalue weighted by Crippen LogP contribution is -2.74. The Hall–Kier alpha value is -9.74. The molecule has 0 amide bonds. The van der Waals surface area contributed by atoms with E-state index in [2.05, 4.69) is 288 Å². The summed E-state index contributed by atoms with van der Waals surface area (Å²) >= 11 is 0. The van der Waals surface area contributed by atoms with Gasteiger partial charge < -0.3 is 13.7 Å². The second kappa shape index (κ2) is 17.7. The van der Waals surface area contributed by atoms with Crippen LogP contribution in [0.5, 0.6) is 0 Å². The highest BCUT2D eigenvalue weighted by Crippen LogP contribution is 2.42. The first-order chi connectivity index (χ1) is 37.7. The molecule has 15 aromatic rings. The van der Waals surface area contributed by atoms with Gasteiger partial charge in [0.15, 0.2) is 8.07 Å². The summed E-state index contributed by atoms with van der Waals surface area (Å²) in [5, 5.41) is 12.9. The lowest BCUT2D eigenvalue weighted by molar-refractivity contribution is 0.669. The highest BCUT2D eigenvalue weighted by Gasteiger charge is 2.41. The Morgan fingerprint density at radius 2 is 0.658 bits per heavy atom. The molecule has 3 aromatic heterocycles. The number of aromatic nitrogens is 1. The van der Waals surface area contributed by atoms with Crippen molar-refractivity contribution in [1.29, 1.82) is 0 Å². The minimum absolute atomic E-state index is 0.896. The molecule has 0 bridgehead atoms. The Morgan fingerprint density at radius 1 is 0.263 bits per heavy atom. The Balaban J connectivity index is 0.796. The molecule has 3 heterocycles. The molecule has 0 aliphatic heterocycles. The summed E-state index contributed by atoms with van der Waals surface area (Å²) in [6.07, 6.45) is 0. The number of anilines is 3. The normalized spacial score (nSPS) is 11.9. The molecule has 76 heavy (non-hydrogen) atoms. The largest absolute Gasteiger partial charge is 0.456 e. The second-order valence-corrected chi connectivity index (χ2v) is 23.8. The third kappa shape index (κ3) is 6.96. The van der Waals surface area contributed by atoms with E-state index in [-0.39, 0.29) is 0 Å². The van der Waals surface area contributed by atoms with E-state index >= 15 is 0 Å². The van der Waals surface area contributed by atoms with Crippen LogP contribution in [0.4, 0.5) is 17.1 Å². The summed E-state index contributed by atoms with van der Waals surface area (Å²) in [5.41, 5.74) is 15.8. The van der Waals surface area contributed by atoms with Crippen molar-refractivity contribution in [2.75, 3.05) is 4.90 Å². The molecule has 0 aliphatic rings. The summed E-state index contributed by atoms with van der Waals surface area (Å²) in [4.78, 5) is 2.37. The number of nitrogens with zero attached hydrogens (tertiary/aromatic N) is 2. The van der Waals surface area contributed by atoms with Gasteiger partial charge in [0.25, 0.3) is 0 Å². The molecule has 0 radical (unpaired) electrons. The summed E-state index contributed by atoms with van der Waals surface area (Å²) in [6.45, 7) is 0. The number of furan rings is 1. The summed E-state index contributed by atoms with van der Waals surface area (Å²) in [5.74, 6) is 0.